The zero-order chi connectivity index (χ0) is 12.9. The van der Waals surface area contributed by atoms with Gasteiger partial charge in [-0.3, -0.25) is 4.79 Å². The summed E-state index contributed by atoms with van der Waals surface area (Å²) < 4.78 is 0. The largest absolute Gasteiger partial charge is 0.481 e. The molecule has 0 unspecified atom stereocenters. The SMILES string of the molecule is CC(C)(C)C1CCN(CCCCC(=O)O)CC1. The summed E-state index contributed by atoms with van der Waals surface area (Å²) in [6.45, 7) is 10.5. The van der Waals surface area contributed by atoms with E-state index in [-0.39, 0.29) is 0 Å². The summed E-state index contributed by atoms with van der Waals surface area (Å²) in [4.78, 5) is 12.9. The van der Waals surface area contributed by atoms with Crippen LogP contribution < -0.4 is 0 Å². The topological polar surface area (TPSA) is 40.5 Å². The zero-order valence-corrected chi connectivity index (χ0v) is 11.5. The molecule has 0 spiro atoms. The number of piperidine rings is 1. The van der Waals surface area contributed by atoms with E-state index in [0.29, 0.717) is 11.8 Å². The van der Waals surface area contributed by atoms with Crippen molar-refractivity contribution < 1.29 is 9.90 Å². The molecular weight excluding hydrogens is 214 g/mol. The number of unbranched alkanes of at least 4 members (excludes halogenated alkanes) is 1. The number of carbonyl (C=O) groups is 1. The smallest absolute Gasteiger partial charge is 0.303 e. The molecule has 1 saturated heterocycles. The molecule has 0 bridgehead atoms. The third kappa shape index (κ3) is 5.53. The van der Waals surface area contributed by atoms with Gasteiger partial charge in [-0.2, -0.15) is 0 Å². The standard InChI is InChI=1S/C14H27NO2/c1-14(2,3)12-7-10-15(11-8-12)9-5-4-6-13(16)17/h12H,4-11H2,1-3H3,(H,16,17). The second-order valence-electron chi connectivity index (χ2n) is 6.33. The fourth-order valence-corrected chi connectivity index (χ4v) is 2.63. The average molecular weight is 241 g/mol. The van der Waals surface area contributed by atoms with Gasteiger partial charge in [0.1, 0.15) is 0 Å². The van der Waals surface area contributed by atoms with Crippen molar-refractivity contribution in [1.29, 1.82) is 0 Å². The maximum absolute atomic E-state index is 10.4. The lowest BCUT2D eigenvalue weighted by molar-refractivity contribution is -0.137. The van der Waals surface area contributed by atoms with Crippen molar-refractivity contribution in [3.8, 4) is 0 Å². The van der Waals surface area contributed by atoms with E-state index in [4.69, 9.17) is 5.11 Å². The van der Waals surface area contributed by atoms with Crippen molar-refractivity contribution in [3.05, 3.63) is 0 Å². The molecule has 1 aliphatic heterocycles. The number of aliphatic carboxylic acids is 1. The summed E-state index contributed by atoms with van der Waals surface area (Å²) in [6.07, 6.45) is 4.74. The first-order valence-electron chi connectivity index (χ1n) is 6.84. The van der Waals surface area contributed by atoms with E-state index in [1.165, 1.54) is 25.9 Å². The summed E-state index contributed by atoms with van der Waals surface area (Å²) in [5.74, 6) is 0.175. The molecule has 0 aromatic rings. The second kappa shape index (κ2) is 6.39. The van der Waals surface area contributed by atoms with Crippen LogP contribution in [0.25, 0.3) is 0 Å². The highest BCUT2D eigenvalue weighted by atomic mass is 16.4. The van der Waals surface area contributed by atoms with Crippen LogP contribution in [0.1, 0.15) is 52.9 Å². The Morgan fingerprint density at radius 1 is 1.24 bits per heavy atom. The van der Waals surface area contributed by atoms with Gasteiger partial charge in [-0.15, -0.1) is 0 Å². The summed E-state index contributed by atoms with van der Waals surface area (Å²) in [6, 6.07) is 0. The van der Waals surface area contributed by atoms with E-state index in [2.05, 4.69) is 25.7 Å². The molecule has 17 heavy (non-hydrogen) atoms. The van der Waals surface area contributed by atoms with Crippen LogP contribution in [0.4, 0.5) is 0 Å². The Hall–Kier alpha value is -0.570. The van der Waals surface area contributed by atoms with Gasteiger partial charge in [-0.05, 0) is 56.7 Å². The van der Waals surface area contributed by atoms with E-state index < -0.39 is 5.97 Å². The van der Waals surface area contributed by atoms with Crippen LogP contribution in [0, 0.1) is 11.3 Å². The molecule has 1 heterocycles. The van der Waals surface area contributed by atoms with Crippen LogP contribution >= 0.6 is 0 Å². The normalized spacial score (nSPS) is 19.5. The number of rotatable bonds is 5. The number of nitrogens with zero attached hydrogens (tertiary/aromatic N) is 1. The molecule has 1 aliphatic rings. The number of carboxylic acids is 1. The first-order chi connectivity index (χ1) is 7.89. The van der Waals surface area contributed by atoms with Crippen LogP contribution in [-0.2, 0) is 4.79 Å². The summed E-state index contributed by atoms with van der Waals surface area (Å²) in [5, 5.41) is 8.56. The number of hydrogen-bond donors (Lipinski definition) is 1. The predicted molar refractivity (Wildman–Crippen MR) is 70.1 cm³/mol. The van der Waals surface area contributed by atoms with Gasteiger partial charge in [0.05, 0.1) is 0 Å². The van der Waals surface area contributed by atoms with Crippen LogP contribution in [0.3, 0.4) is 0 Å². The molecule has 1 fully saturated rings. The quantitative estimate of drug-likeness (QED) is 0.752. The highest BCUT2D eigenvalue weighted by Gasteiger charge is 2.28. The van der Waals surface area contributed by atoms with E-state index in [1.807, 2.05) is 0 Å². The first-order valence-corrected chi connectivity index (χ1v) is 6.84. The molecule has 1 rings (SSSR count). The van der Waals surface area contributed by atoms with Gasteiger partial charge in [-0.1, -0.05) is 20.8 Å². The summed E-state index contributed by atoms with van der Waals surface area (Å²) >= 11 is 0. The molecule has 0 aromatic carbocycles. The molecule has 3 nitrogen and oxygen atoms in total. The summed E-state index contributed by atoms with van der Waals surface area (Å²) in [7, 11) is 0. The van der Waals surface area contributed by atoms with Crippen molar-refractivity contribution >= 4 is 5.97 Å². The Labute approximate surface area is 105 Å². The van der Waals surface area contributed by atoms with Gasteiger partial charge in [0.2, 0.25) is 0 Å². The predicted octanol–water partition coefficient (Wildman–Crippen LogP) is 3.00. The number of hydrogen-bond acceptors (Lipinski definition) is 2. The number of likely N-dealkylation sites (tertiary alicyclic amines) is 1. The van der Waals surface area contributed by atoms with Crippen molar-refractivity contribution in [2.45, 2.75) is 52.9 Å². The maximum Gasteiger partial charge on any atom is 0.303 e. The maximum atomic E-state index is 10.4. The minimum Gasteiger partial charge on any atom is -0.481 e. The van der Waals surface area contributed by atoms with Crippen LogP contribution in [0.15, 0.2) is 0 Å². The molecule has 0 saturated carbocycles. The molecule has 0 radical (unpaired) electrons. The third-order valence-corrected chi connectivity index (χ3v) is 3.93. The van der Waals surface area contributed by atoms with Gasteiger partial charge in [-0.25, -0.2) is 0 Å². The zero-order valence-electron chi connectivity index (χ0n) is 11.5. The lowest BCUT2D eigenvalue weighted by Gasteiger charge is -2.38. The third-order valence-electron chi connectivity index (χ3n) is 3.93. The fourth-order valence-electron chi connectivity index (χ4n) is 2.63. The van der Waals surface area contributed by atoms with Crippen LogP contribution in [-0.4, -0.2) is 35.6 Å². The molecule has 0 atom stereocenters. The van der Waals surface area contributed by atoms with Crippen molar-refractivity contribution in [2.75, 3.05) is 19.6 Å². The molecule has 0 aliphatic carbocycles. The monoisotopic (exact) mass is 241 g/mol. The van der Waals surface area contributed by atoms with E-state index in [0.717, 1.165) is 25.3 Å². The molecule has 3 heteroatoms. The molecule has 100 valence electrons. The average Bonchev–Trinajstić information content (AvgIpc) is 2.23. The Bertz CT molecular complexity index is 237. The highest BCUT2D eigenvalue weighted by molar-refractivity contribution is 5.66. The second-order valence-corrected chi connectivity index (χ2v) is 6.33. The summed E-state index contributed by atoms with van der Waals surface area (Å²) in [5.41, 5.74) is 0.440. The van der Waals surface area contributed by atoms with Gasteiger partial charge in [0.25, 0.3) is 0 Å². The van der Waals surface area contributed by atoms with Gasteiger partial charge < -0.3 is 10.0 Å². The van der Waals surface area contributed by atoms with Crippen molar-refractivity contribution in [3.63, 3.8) is 0 Å². The Morgan fingerprint density at radius 2 is 1.82 bits per heavy atom. The number of carboxylic acid groups (broad SMARTS) is 1. The van der Waals surface area contributed by atoms with Gasteiger partial charge >= 0.3 is 5.97 Å². The Kier molecular flexibility index (Phi) is 5.44. The van der Waals surface area contributed by atoms with Crippen molar-refractivity contribution in [1.82, 2.24) is 4.90 Å². The van der Waals surface area contributed by atoms with E-state index >= 15 is 0 Å². The Balaban J connectivity index is 2.13. The lowest BCUT2D eigenvalue weighted by Crippen LogP contribution is -2.38. The molecule has 0 aromatic heterocycles. The van der Waals surface area contributed by atoms with Gasteiger partial charge in [0.15, 0.2) is 0 Å². The first kappa shape index (κ1) is 14.5. The molecule has 1 N–H and O–H groups in total. The van der Waals surface area contributed by atoms with E-state index in [9.17, 15) is 4.79 Å². The Morgan fingerprint density at radius 3 is 2.29 bits per heavy atom. The lowest BCUT2D eigenvalue weighted by atomic mass is 9.75. The minimum atomic E-state index is -0.670. The van der Waals surface area contributed by atoms with Crippen molar-refractivity contribution in [2.24, 2.45) is 11.3 Å². The minimum absolute atomic E-state index is 0.318. The highest BCUT2D eigenvalue weighted by Crippen LogP contribution is 2.34. The molecule has 0 amide bonds. The fraction of sp³-hybridized carbons (Fsp3) is 0.929. The van der Waals surface area contributed by atoms with E-state index in [1.54, 1.807) is 0 Å². The van der Waals surface area contributed by atoms with Crippen LogP contribution in [0.2, 0.25) is 0 Å². The molecular formula is C14H27NO2. The van der Waals surface area contributed by atoms with Crippen LogP contribution in [0.5, 0.6) is 0 Å². The van der Waals surface area contributed by atoms with Gasteiger partial charge in [0, 0.05) is 6.42 Å².